The van der Waals surface area contributed by atoms with Gasteiger partial charge in [0.25, 0.3) is 5.91 Å². The van der Waals surface area contributed by atoms with E-state index in [1.807, 2.05) is 13.8 Å². The maximum absolute atomic E-state index is 13.8. The zero-order valence-corrected chi connectivity index (χ0v) is 26.2. The van der Waals surface area contributed by atoms with Crippen molar-refractivity contribution in [3.05, 3.63) is 0 Å². The molecule has 5 fully saturated rings. The molecule has 8 atom stereocenters. The maximum atomic E-state index is 13.8. The first-order valence-corrected chi connectivity index (χ1v) is 15.4. The fourth-order valence-corrected chi connectivity index (χ4v) is 8.84. The minimum atomic E-state index is -1.23. The van der Waals surface area contributed by atoms with Gasteiger partial charge in [-0.3, -0.25) is 4.79 Å². The van der Waals surface area contributed by atoms with Gasteiger partial charge in [-0.1, -0.05) is 55.4 Å². The van der Waals surface area contributed by atoms with Crippen molar-refractivity contribution in [2.45, 2.75) is 125 Å². The Kier molecular flexibility index (Phi) is 7.13. The second-order valence-corrected chi connectivity index (χ2v) is 15.2. The van der Waals surface area contributed by atoms with E-state index in [1.165, 1.54) is 6.92 Å². The number of carbonyl (C=O) groups is 4. The van der Waals surface area contributed by atoms with Gasteiger partial charge in [0.15, 0.2) is 0 Å². The lowest BCUT2D eigenvalue weighted by Gasteiger charge is -2.40. The molecule has 4 amide bonds. The molecule has 5 aliphatic rings. The first-order chi connectivity index (χ1) is 19.0. The summed E-state index contributed by atoms with van der Waals surface area (Å²) in [7, 11) is 0. The monoisotopic (exact) mass is 575 g/mol. The van der Waals surface area contributed by atoms with Crippen LogP contribution in [0, 0.1) is 39.4 Å². The van der Waals surface area contributed by atoms with Crippen LogP contribution in [0.4, 0.5) is 14.4 Å². The highest BCUT2D eigenvalue weighted by atomic mass is 16.6. The number of ether oxygens (including phenoxy) is 3. The first-order valence-electron chi connectivity index (χ1n) is 15.4. The van der Waals surface area contributed by atoms with E-state index in [1.54, 1.807) is 0 Å². The van der Waals surface area contributed by atoms with E-state index >= 15 is 0 Å². The molecule has 4 bridgehead atoms. The third kappa shape index (κ3) is 4.32. The topological polar surface area (TPSA) is 114 Å². The van der Waals surface area contributed by atoms with Gasteiger partial charge in [-0.25, -0.2) is 29.7 Å². The van der Waals surface area contributed by atoms with E-state index in [0.29, 0.717) is 11.8 Å². The van der Waals surface area contributed by atoms with Crippen LogP contribution in [0.2, 0.25) is 0 Å². The third-order valence-electron chi connectivity index (χ3n) is 13.0. The van der Waals surface area contributed by atoms with E-state index < -0.39 is 36.3 Å². The summed E-state index contributed by atoms with van der Waals surface area (Å²) in [6.07, 6.45) is 2.57. The Hall–Kier alpha value is -2.52. The van der Waals surface area contributed by atoms with Gasteiger partial charge in [-0.15, -0.1) is 0 Å². The molecule has 1 aliphatic heterocycles. The molecule has 0 aromatic heterocycles. The zero-order valence-electron chi connectivity index (χ0n) is 26.2. The fourth-order valence-electron chi connectivity index (χ4n) is 8.84. The molecule has 0 radical (unpaired) electrons. The van der Waals surface area contributed by atoms with E-state index in [9.17, 15) is 19.2 Å². The van der Waals surface area contributed by atoms with Crippen LogP contribution < -0.4 is 5.43 Å². The van der Waals surface area contributed by atoms with Gasteiger partial charge in [0, 0.05) is 10.8 Å². The molecule has 1 saturated heterocycles. The van der Waals surface area contributed by atoms with Crippen LogP contribution in [-0.4, -0.2) is 65.0 Å². The maximum Gasteiger partial charge on any atom is 0.429 e. The van der Waals surface area contributed by atoms with Crippen LogP contribution in [0.15, 0.2) is 0 Å². The summed E-state index contributed by atoms with van der Waals surface area (Å²) in [5, 5.41) is 0.913. The van der Waals surface area contributed by atoms with Gasteiger partial charge in [0.2, 0.25) is 0 Å². The predicted molar refractivity (Wildman–Crippen MR) is 150 cm³/mol. The number of carbonyl (C=O) groups excluding carboxylic acids is 4. The molecule has 41 heavy (non-hydrogen) atoms. The molecular formula is C31H49N3O7. The number of rotatable bonds is 5. The molecule has 10 nitrogen and oxygen atoms in total. The third-order valence-corrected chi connectivity index (χ3v) is 13.0. The van der Waals surface area contributed by atoms with E-state index in [2.05, 4.69) is 47.0 Å². The van der Waals surface area contributed by atoms with Gasteiger partial charge in [-0.2, -0.15) is 0 Å². The summed E-state index contributed by atoms with van der Waals surface area (Å²) in [6, 6.07) is -1.70. The van der Waals surface area contributed by atoms with Gasteiger partial charge in [-0.05, 0) is 74.0 Å². The number of hydrazine groups is 1. The molecule has 1 heterocycles. The minimum absolute atomic E-state index is 0.00437. The van der Waals surface area contributed by atoms with E-state index in [4.69, 9.17) is 14.2 Å². The van der Waals surface area contributed by atoms with E-state index in [0.717, 1.165) is 48.4 Å². The standard InChI is InChI=1S/C31H49N3O7/c1-17(2)21-16-39-26(37)33(21)24(35)18(3)34(27(38)41-23-15-20-11-13-31(23,9)29(20,6)7)32-25(36)40-22-14-19-10-12-30(22,8)28(19,4)5/h17-23H,10-16H2,1-9H3,(H,32,36)/t18-,19-,20-,21+,22-,23-,30+,31+/m1/s1. The van der Waals surface area contributed by atoms with Crippen molar-refractivity contribution >= 4 is 24.2 Å². The van der Waals surface area contributed by atoms with Crippen LogP contribution in [0.25, 0.3) is 0 Å². The lowest BCUT2D eigenvalue weighted by Crippen LogP contribution is -2.59. The van der Waals surface area contributed by atoms with Crippen molar-refractivity contribution in [3.8, 4) is 0 Å². The summed E-state index contributed by atoms with van der Waals surface area (Å²) >= 11 is 0. The van der Waals surface area contributed by atoms with Gasteiger partial charge < -0.3 is 14.2 Å². The van der Waals surface area contributed by atoms with Gasteiger partial charge in [0.1, 0.15) is 24.9 Å². The Morgan fingerprint density at radius 1 is 0.902 bits per heavy atom. The molecule has 230 valence electrons. The molecule has 0 unspecified atom stereocenters. The minimum Gasteiger partial charge on any atom is -0.447 e. The SMILES string of the molecule is CC(C)[C@@H]1COC(=O)N1C(=O)[C@@H](C)N(NC(=O)O[C@@H]1C[C@H]2CC[C@]1(C)C2(C)C)C(=O)O[C@@H]1C[C@H]2CC[C@]1(C)C2(C)C. The van der Waals surface area contributed by atoms with Gasteiger partial charge >= 0.3 is 18.3 Å². The molecule has 4 saturated carbocycles. The Morgan fingerprint density at radius 2 is 1.41 bits per heavy atom. The lowest BCUT2D eigenvalue weighted by molar-refractivity contribution is -0.136. The first kappa shape index (κ1) is 30.0. The Balaban J connectivity index is 1.36. The summed E-state index contributed by atoms with van der Waals surface area (Å²) in [4.78, 5) is 54.5. The predicted octanol–water partition coefficient (Wildman–Crippen LogP) is 5.89. The molecule has 1 N–H and O–H groups in total. The lowest BCUT2D eigenvalue weighted by atomic mass is 9.70. The van der Waals surface area contributed by atoms with Crippen molar-refractivity contribution in [1.29, 1.82) is 0 Å². The van der Waals surface area contributed by atoms with Crippen molar-refractivity contribution in [2.75, 3.05) is 6.61 Å². The van der Waals surface area contributed by atoms with E-state index in [-0.39, 0.29) is 46.4 Å². The molecule has 0 spiro atoms. The number of hydrogen-bond acceptors (Lipinski definition) is 7. The number of imide groups is 1. The van der Waals surface area contributed by atoms with Crippen LogP contribution in [0.5, 0.6) is 0 Å². The molecule has 0 aromatic carbocycles. The fraction of sp³-hybridized carbons (Fsp3) is 0.871. The second-order valence-electron chi connectivity index (χ2n) is 15.2. The number of hydrogen-bond donors (Lipinski definition) is 1. The molecule has 0 aromatic rings. The molecule has 5 rings (SSSR count). The highest BCUT2D eigenvalue weighted by molar-refractivity contribution is 5.97. The quantitative estimate of drug-likeness (QED) is 0.321. The van der Waals surface area contributed by atoms with Crippen molar-refractivity contribution in [3.63, 3.8) is 0 Å². The number of nitrogens with zero attached hydrogens (tertiary/aromatic N) is 2. The zero-order chi connectivity index (χ0) is 30.3. The second kappa shape index (κ2) is 9.76. The molecule has 10 heteroatoms. The number of cyclic esters (lactones) is 1. The van der Waals surface area contributed by atoms with Crippen molar-refractivity contribution in [2.24, 2.45) is 39.4 Å². The summed E-state index contributed by atoms with van der Waals surface area (Å²) in [5.74, 6) is 0.205. The molecular weight excluding hydrogens is 526 g/mol. The number of fused-ring (bicyclic) bond motifs is 4. The average molecular weight is 576 g/mol. The van der Waals surface area contributed by atoms with Gasteiger partial charge in [0.05, 0.1) is 6.04 Å². The molecule has 4 aliphatic carbocycles. The Bertz CT molecular complexity index is 1120. The van der Waals surface area contributed by atoms with Crippen LogP contribution in [0.1, 0.15) is 101 Å². The van der Waals surface area contributed by atoms with Crippen LogP contribution in [-0.2, 0) is 19.0 Å². The summed E-state index contributed by atoms with van der Waals surface area (Å²) < 4.78 is 17.2. The highest BCUT2D eigenvalue weighted by Crippen LogP contribution is 2.67. The highest BCUT2D eigenvalue weighted by Gasteiger charge is 2.64. The normalized spacial score (nSPS) is 38.6. The number of nitrogens with one attached hydrogen (secondary N) is 1. The number of amides is 4. The van der Waals surface area contributed by atoms with Crippen LogP contribution in [0.3, 0.4) is 0 Å². The summed E-state index contributed by atoms with van der Waals surface area (Å²) in [5.41, 5.74) is 2.22. The van der Waals surface area contributed by atoms with Crippen LogP contribution >= 0.6 is 0 Å². The smallest absolute Gasteiger partial charge is 0.429 e. The summed E-state index contributed by atoms with van der Waals surface area (Å²) in [6.45, 7) is 18.6. The Labute approximate surface area is 244 Å². The van der Waals surface area contributed by atoms with Crippen molar-refractivity contribution in [1.82, 2.24) is 15.3 Å². The van der Waals surface area contributed by atoms with Crippen molar-refractivity contribution < 1.29 is 33.4 Å². The average Bonchev–Trinajstić information content (AvgIpc) is 3.56. The largest absolute Gasteiger partial charge is 0.447 e. The Morgan fingerprint density at radius 3 is 1.85 bits per heavy atom.